The van der Waals surface area contributed by atoms with Crippen LogP contribution in [0.1, 0.15) is 0 Å². The van der Waals surface area contributed by atoms with Crippen LogP contribution in [0.4, 0.5) is 5.69 Å². The van der Waals surface area contributed by atoms with Crippen molar-refractivity contribution < 1.29 is 14.6 Å². The standard InChI is InChI=1S/C13H16Cl3N3O/c1-18-2-4-19(5-3-18)8-12(20)17-13-10(15)6-9(14)7-11(13)16/h6-7H,2-5,8H2,1H3,(H,17,20)/p+2. The summed E-state index contributed by atoms with van der Waals surface area (Å²) in [5.74, 6) is -0.0781. The summed E-state index contributed by atoms with van der Waals surface area (Å²) in [6.45, 7) is 4.61. The third-order valence-electron chi connectivity index (χ3n) is 3.49. The molecule has 0 radical (unpaired) electrons. The van der Waals surface area contributed by atoms with Crippen molar-refractivity contribution in [2.45, 2.75) is 0 Å². The van der Waals surface area contributed by atoms with Crippen molar-refractivity contribution >= 4 is 46.4 Å². The molecule has 3 N–H and O–H groups in total. The summed E-state index contributed by atoms with van der Waals surface area (Å²) >= 11 is 17.9. The molecular weight excluding hydrogens is 321 g/mol. The van der Waals surface area contributed by atoms with E-state index in [4.69, 9.17) is 34.8 Å². The first-order valence-electron chi connectivity index (χ1n) is 6.55. The number of nitrogens with one attached hydrogen (secondary N) is 3. The van der Waals surface area contributed by atoms with Gasteiger partial charge in [-0.1, -0.05) is 34.8 Å². The molecule has 0 spiro atoms. The Kier molecular flexibility index (Phi) is 5.52. The van der Waals surface area contributed by atoms with E-state index in [9.17, 15) is 4.79 Å². The highest BCUT2D eigenvalue weighted by Crippen LogP contribution is 2.33. The molecule has 1 aromatic carbocycles. The second-order valence-electron chi connectivity index (χ2n) is 5.18. The van der Waals surface area contributed by atoms with E-state index in [1.54, 1.807) is 12.1 Å². The quantitative estimate of drug-likeness (QED) is 0.713. The fourth-order valence-corrected chi connectivity index (χ4v) is 3.19. The van der Waals surface area contributed by atoms with Gasteiger partial charge >= 0.3 is 0 Å². The van der Waals surface area contributed by atoms with E-state index in [1.165, 1.54) is 9.80 Å². The molecule has 0 atom stereocenters. The second-order valence-corrected chi connectivity index (χ2v) is 6.43. The summed E-state index contributed by atoms with van der Waals surface area (Å²) in [4.78, 5) is 14.9. The Balaban J connectivity index is 1.95. The maximum absolute atomic E-state index is 12.1. The van der Waals surface area contributed by atoms with Gasteiger partial charge in [-0.25, -0.2) is 0 Å². The number of likely N-dealkylation sites (N-methyl/N-ethyl adjacent to an activating group) is 1. The summed E-state index contributed by atoms with van der Waals surface area (Å²) in [5, 5.41) is 3.94. The lowest BCUT2D eigenvalue weighted by molar-refractivity contribution is -0.999. The largest absolute Gasteiger partial charge is 0.328 e. The van der Waals surface area contributed by atoms with E-state index in [1.807, 2.05) is 0 Å². The maximum Gasteiger partial charge on any atom is 0.279 e. The number of carbonyl (C=O) groups excluding carboxylic acids is 1. The Morgan fingerprint density at radius 2 is 1.70 bits per heavy atom. The Bertz CT molecular complexity index is 479. The number of hydrogen-bond acceptors (Lipinski definition) is 1. The summed E-state index contributed by atoms with van der Waals surface area (Å²) < 4.78 is 0. The van der Waals surface area contributed by atoms with Crippen molar-refractivity contribution in [1.29, 1.82) is 0 Å². The smallest absolute Gasteiger partial charge is 0.279 e. The molecule has 1 aliphatic rings. The zero-order chi connectivity index (χ0) is 14.7. The summed E-state index contributed by atoms with van der Waals surface area (Å²) in [6, 6.07) is 3.13. The third-order valence-corrected chi connectivity index (χ3v) is 4.31. The Labute approximate surface area is 133 Å². The first kappa shape index (κ1) is 15.9. The Hall–Kier alpha value is -0.520. The molecule has 0 bridgehead atoms. The zero-order valence-electron chi connectivity index (χ0n) is 11.2. The summed E-state index contributed by atoms with van der Waals surface area (Å²) in [5.41, 5.74) is 0.432. The molecule has 1 amide bonds. The fourth-order valence-electron chi connectivity index (χ4n) is 2.28. The van der Waals surface area contributed by atoms with Crippen LogP contribution in [-0.2, 0) is 4.79 Å². The fraction of sp³-hybridized carbons (Fsp3) is 0.462. The lowest BCUT2D eigenvalue weighted by Crippen LogP contribution is -3.27. The molecule has 0 unspecified atom stereocenters. The molecule has 4 nitrogen and oxygen atoms in total. The predicted molar refractivity (Wildman–Crippen MR) is 82.3 cm³/mol. The van der Waals surface area contributed by atoms with Crippen molar-refractivity contribution in [3.05, 3.63) is 27.2 Å². The first-order chi connectivity index (χ1) is 9.45. The zero-order valence-corrected chi connectivity index (χ0v) is 13.5. The van der Waals surface area contributed by atoms with Crippen LogP contribution < -0.4 is 15.1 Å². The number of amides is 1. The summed E-state index contributed by atoms with van der Waals surface area (Å²) in [6.07, 6.45) is 0. The summed E-state index contributed by atoms with van der Waals surface area (Å²) in [7, 11) is 2.17. The molecule has 0 aliphatic carbocycles. The van der Waals surface area contributed by atoms with Crippen LogP contribution in [0, 0.1) is 0 Å². The van der Waals surface area contributed by atoms with Crippen LogP contribution in [0.2, 0.25) is 15.1 Å². The molecule has 0 aromatic heterocycles. The van der Waals surface area contributed by atoms with Gasteiger partial charge in [0.2, 0.25) is 0 Å². The number of halogens is 3. The number of rotatable bonds is 3. The lowest BCUT2D eigenvalue weighted by atomic mass is 10.3. The van der Waals surface area contributed by atoms with Gasteiger partial charge in [0.1, 0.15) is 26.2 Å². The van der Waals surface area contributed by atoms with Crippen molar-refractivity contribution in [3.8, 4) is 0 Å². The average molecular weight is 339 g/mol. The SMILES string of the molecule is C[NH+]1CC[NH+](CC(=O)Nc2c(Cl)cc(Cl)cc2Cl)CC1. The highest BCUT2D eigenvalue weighted by Gasteiger charge is 2.23. The molecule has 1 aliphatic heterocycles. The molecule has 110 valence electrons. The monoisotopic (exact) mass is 337 g/mol. The number of quaternary nitrogens is 2. The molecule has 1 aromatic rings. The molecule has 1 saturated heterocycles. The van der Waals surface area contributed by atoms with Crippen LogP contribution >= 0.6 is 34.8 Å². The predicted octanol–water partition coefficient (Wildman–Crippen LogP) is -0.00150. The normalized spacial score (nSPS) is 22.6. The number of hydrogen-bond donors (Lipinski definition) is 3. The van der Waals surface area contributed by atoms with Gasteiger partial charge in [0.25, 0.3) is 5.91 Å². The van der Waals surface area contributed by atoms with Gasteiger partial charge < -0.3 is 15.1 Å². The van der Waals surface area contributed by atoms with Crippen LogP contribution in [0.5, 0.6) is 0 Å². The highest BCUT2D eigenvalue weighted by atomic mass is 35.5. The molecule has 2 rings (SSSR count). The van der Waals surface area contributed by atoms with Gasteiger partial charge in [0, 0.05) is 5.02 Å². The van der Waals surface area contributed by atoms with E-state index in [0.29, 0.717) is 27.3 Å². The second kappa shape index (κ2) is 6.96. The maximum atomic E-state index is 12.1. The Morgan fingerprint density at radius 3 is 2.25 bits per heavy atom. The number of anilines is 1. The van der Waals surface area contributed by atoms with Gasteiger partial charge in [-0.2, -0.15) is 0 Å². The molecular formula is C13H18Cl3N3O+2. The number of benzene rings is 1. The molecule has 7 heteroatoms. The van der Waals surface area contributed by atoms with Gasteiger partial charge in [-0.05, 0) is 12.1 Å². The van der Waals surface area contributed by atoms with E-state index in [2.05, 4.69) is 12.4 Å². The number of carbonyl (C=O) groups is 1. The van der Waals surface area contributed by atoms with Crippen molar-refractivity contribution in [2.24, 2.45) is 0 Å². The van der Waals surface area contributed by atoms with Crippen LogP contribution in [-0.4, -0.2) is 45.7 Å². The molecule has 1 heterocycles. The van der Waals surface area contributed by atoms with Gasteiger partial charge in [-0.3, -0.25) is 4.79 Å². The first-order valence-corrected chi connectivity index (χ1v) is 7.68. The molecule has 1 fully saturated rings. The Morgan fingerprint density at radius 1 is 1.15 bits per heavy atom. The minimum absolute atomic E-state index is 0.0781. The number of piperazine rings is 1. The third kappa shape index (κ3) is 4.24. The van der Waals surface area contributed by atoms with Gasteiger partial charge in [0.15, 0.2) is 6.54 Å². The van der Waals surface area contributed by atoms with Gasteiger partial charge in [0.05, 0.1) is 22.8 Å². The lowest BCUT2D eigenvalue weighted by Gasteiger charge is -2.26. The highest BCUT2D eigenvalue weighted by molar-refractivity contribution is 6.42. The van der Waals surface area contributed by atoms with Crippen molar-refractivity contribution in [1.82, 2.24) is 0 Å². The minimum atomic E-state index is -0.0781. The van der Waals surface area contributed by atoms with Crippen molar-refractivity contribution in [3.63, 3.8) is 0 Å². The minimum Gasteiger partial charge on any atom is -0.328 e. The van der Waals surface area contributed by atoms with E-state index < -0.39 is 0 Å². The average Bonchev–Trinajstić information content (AvgIpc) is 2.36. The van der Waals surface area contributed by atoms with Crippen LogP contribution in [0.3, 0.4) is 0 Å². The van der Waals surface area contributed by atoms with Crippen LogP contribution in [0.25, 0.3) is 0 Å². The topological polar surface area (TPSA) is 38.0 Å². The van der Waals surface area contributed by atoms with Crippen molar-refractivity contribution in [2.75, 3.05) is 45.1 Å². The van der Waals surface area contributed by atoms with Gasteiger partial charge in [-0.15, -0.1) is 0 Å². The van der Waals surface area contributed by atoms with E-state index >= 15 is 0 Å². The van der Waals surface area contributed by atoms with E-state index in [0.717, 1.165) is 26.2 Å². The molecule has 0 saturated carbocycles. The van der Waals surface area contributed by atoms with E-state index in [-0.39, 0.29) is 5.91 Å². The van der Waals surface area contributed by atoms with Crippen LogP contribution in [0.15, 0.2) is 12.1 Å². The molecule has 20 heavy (non-hydrogen) atoms.